The molecule has 3 heterocycles. The topological polar surface area (TPSA) is 71.8 Å². The first kappa shape index (κ1) is 19.2. The van der Waals surface area contributed by atoms with E-state index in [9.17, 15) is 0 Å². The molecular weight excluding hydrogens is 417 g/mol. The minimum Gasteiger partial charge on any atom is -0.376 e. The van der Waals surface area contributed by atoms with Gasteiger partial charge in [0.1, 0.15) is 0 Å². The zero-order chi connectivity index (χ0) is 23.0. The van der Waals surface area contributed by atoms with Crippen LogP contribution in [-0.4, -0.2) is 22.1 Å². The van der Waals surface area contributed by atoms with Crippen molar-refractivity contribution in [2.75, 3.05) is 5.43 Å². The molecule has 4 aromatic carbocycles. The van der Waals surface area contributed by atoms with Crippen molar-refractivity contribution in [3.63, 3.8) is 0 Å². The monoisotopic (exact) mass is 439 g/mol. The summed E-state index contributed by atoms with van der Waals surface area (Å²) < 4.78 is 4.68. The molecule has 6 aromatic rings. The molecular formula is C28H22BN5. The van der Waals surface area contributed by atoms with Gasteiger partial charge in [0, 0.05) is 39.1 Å². The summed E-state index contributed by atoms with van der Waals surface area (Å²) in [5.41, 5.74) is 12.7. The zero-order valence-electron chi connectivity index (χ0n) is 18.7. The summed E-state index contributed by atoms with van der Waals surface area (Å²) in [5, 5.41) is 11.7. The van der Waals surface area contributed by atoms with Gasteiger partial charge < -0.3 is 19.9 Å². The Morgan fingerprint density at radius 2 is 1.50 bits per heavy atom. The van der Waals surface area contributed by atoms with Crippen molar-refractivity contribution >= 4 is 62.4 Å². The fourth-order valence-corrected chi connectivity index (χ4v) is 6.01. The predicted octanol–water partition coefficient (Wildman–Crippen LogP) is 4.30. The molecule has 7 rings (SSSR count). The number of benzene rings is 4. The van der Waals surface area contributed by atoms with Gasteiger partial charge in [-0.3, -0.25) is 5.84 Å². The number of fused-ring (bicyclic) bond motifs is 5. The second-order valence-corrected chi connectivity index (χ2v) is 8.95. The molecule has 0 saturated carbocycles. The lowest BCUT2D eigenvalue weighted by Crippen LogP contribution is -2.53. The number of hydrogen-bond acceptors (Lipinski definition) is 3. The number of rotatable bonds is 3. The fourth-order valence-electron chi connectivity index (χ4n) is 6.01. The molecule has 2 aromatic heterocycles. The van der Waals surface area contributed by atoms with Gasteiger partial charge in [-0.15, -0.1) is 0 Å². The van der Waals surface area contributed by atoms with Crippen molar-refractivity contribution in [3.05, 3.63) is 96.2 Å². The summed E-state index contributed by atoms with van der Waals surface area (Å²) in [6.45, 7) is 2.18. The average Bonchev–Trinajstić information content (AvgIpc) is 3.39. The molecule has 0 fully saturated rings. The number of nitrogens with one attached hydrogen (secondary N) is 2. The van der Waals surface area contributed by atoms with Crippen LogP contribution in [0.5, 0.6) is 0 Å². The molecule has 5 nitrogen and oxygen atoms in total. The summed E-state index contributed by atoms with van der Waals surface area (Å²) in [6, 6.07) is 30.2. The molecule has 6 heteroatoms. The summed E-state index contributed by atoms with van der Waals surface area (Å²) in [7, 11) is 0. The van der Waals surface area contributed by atoms with Crippen LogP contribution in [0.4, 0.5) is 5.69 Å². The third kappa shape index (κ3) is 2.25. The molecule has 1 aliphatic heterocycles. The van der Waals surface area contributed by atoms with E-state index in [1.54, 1.807) is 0 Å². The van der Waals surface area contributed by atoms with Gasteiger partial charge in [0.15, 0.2) is 0 Å². The van der Waals surface area contributed by atoms with Gasteiger partial charge in [-0.25, -0.2) is 0 Å². The lowest BCUT2D eigenvalue weighted by Gasteiger charge is -2.28. The van der Waals surface area contributed by atoms with Crippen LogP contribution in [0.2, 0.25) is 0 Å². The van der Waals surface area contributed by atoms with Gasteiger partial charge in [-0.2, -0.15) is 0 Å². The zero-order valence-corrected chi connectivity index (χ0v) is 18.7. The molecule has 34 heavy (non-hydrogen) atoms. The second-order valence-electron chi connectivity index (χ2n) is 8.95. The van der Waals surface area contributed by atoms with Gasteiger partial charge in [0.05, 0.1) is 16.9 Å². The van der Waals surface area contributed by atoms with E-state index in [-0.39, 0.29) is 6.85 Å². The average molecular weight is 439 g/mol. The Balaban J connectivity index is 1.72. The van der Waals surface area contributed by atoms with Crippen molar-refractivity contribution < 1.29 is 0 Å². The predicted molar refractivity (Wildman–Crippen MR) is 144 cm³/mol. The van der Waals surface area contributed by atoms with Crippen LogP contribution in [-0.2, 0) is 0 Å². The molecule has 0 unspecified atom stereocenters. The number of aromatic nitrogens is 2. The van der Waals surface area contributed by atoms with E-state index < -0.39 is 0 Å². The van der Waals surface area contributed by atoms with Crippen molar-refractivity contribution in [2.24, 2.45) is 5.84 Å². The second kappa shape index (κ2) is 6.86. The van der Waals surface area contributed by atoms with Gasteiger partial charge >= 0.3 is 6.85 Å². The van der Waals surface area contributed by atoms with E-state index in [1.807, 2.05) is 0 Å². The van der Waals surface area contributed by atoms with Crippen molar-refractivity contribution in [2.45, 2.75) is 6.92 Å². The first-order chi connectivity index (χ1) is 16.7. The molecule has 0 saturated heterocycles. The maximum atomic E-state index is 8.19. The molecule has 0 bridgehead atoms. The molecule has 0 spiro atoms. The normalized spacial score (nSPS) is 12.5. The number of nitrogen functional groups attached to an aromatic ring is 1. The van der Waals surface area contributed by atoms with Crippen LogP contribution in [0, 0.1) is 12.3 Å². The van der Waals surface area contributed by atoms with Crippen LogP contribution >= 0.6 is 0 Å². The van der Waals surface area contributed by atoms with E-state index in [1.165, 1.54) is 44.5 Å². The SMILES string of the molecule is Cc1cccc2c3ccccc3n(B3c4ccccc4-n4c(C=N)c(NN)c5cccc3c54)c12. The quantitative estimate of drug-likeness (QED) is 0.166. The maximum absolute atomic E-state index is 8.19. The number of anilines is 1. The minimum absolute atomic E-state index is 0.0185. The molecule has 0 amide bonds. The van der Waals surface area contributed by atoms with E-state index in [2.05, 4.69) is 106 Å². The Morgan fingerprint density at radius 3 is 2.35 bits per heavy atom. The third-order valence-corrected chi connectivity index (χ3v) is 7.30. The summed E-state index contributed by atoms with van der Waals surface area (Å²) in [6.07, 6.45) is 1.39. The van der Waals surface area contributed by atoms with Gasteiger partial charge in [-0.1, -0.05) is 72.8 Å². The summed E-state index contributed by atoms with van der Waals surface area (Å²) in [5.74, 6) is 5.98. The molecule has 0 radical (unpaired) electrons. The first-order valence-electron chi connectivity index (χ1n) is 11.5. The van der Waals surface area contributed by atoms with Gasteiger partial charge in [0.25, 0.3) is 0 Å². The van der Waals surface area contributed by atoms with Crippen LogP contribution in [0.3, 0.4) is 0 Å². The minimum atomic E-state index is -0.0185. The first-order valence-corrected chi connectivity index (χ1v) is 11.5. The highest BCUT2D eigenvalue weighted by Crippen LogP contribution is 2.36. The Kier molecular flexibility index (Phi) is 3.87. The summed E-state index contributed by atoms with van der Waals surface area (Å²) in [4.78, 5) is 0. The van der Waals surface area contributed by atoms with Crippen molar-refractivity contribution in [3.8, 4) is 5.69 Å². The molecule has 1 aliphatic rings. The van der Waals surface area contributed by atoms with Crippen molar-refractivity contribution in [1.29, 1.82) is 5.41 Å². The molecule has 0 aliphatic carbocycles. The van der Waals surface area contributed by atoms with E-state index in [0.717, 1.165) is 28.0 Å². The lowest BCUT2D eigenvalue weighted by atomic mass is 9.48. The maximum Gasteiger partial charge on any atom is 0.332 e. The Morgan fingerprint density at radius 1 is 0.794 bits per heavy atom. The van der Waals surface area contributed by atoms with Crippen molar-refractivity contribution in [1.82, 2.24) is 9.05 Å². The highest BCUT2D eigenvalue weighted by Gasteiger charge is 2.36. The van der Waals surface area contributed by atoms with Gasteiger partial charge in [-0.05, 0) is 35.5 Å². The number of hydrogen-bond donors (Lipinski definition) is 3. The van der Waals surface area contributed by atoms with Crippen LogP contribution < -0.4 is 22.2 Å². The third-order valence-electron chi connectivity index (χ3n) is 7.30. The van der Waals surface area contributed by atoms with Crippen LogP contribution in [0.15, 0.2) is 84.9 Å². The van der Waals surface area contributed by atoms with Gasteiger partial charge in [0.2, 0.25) is 0 Å². The van der Waals surface area contributed by atoms with Crippen LogP contribution in [0.25, 0.3) is 38.4 Å². The van der Waals surface area contributed by atoms with E-state index in [0.29, 0.717) is 0 Å². The smallest absolute Gasteiger partial charge is 0.332 e. The van der Waals surface area contributed by atoms with Crippen LogP contribution in [0.1, 0.15) is 11.3 Å². The number of para-hydroxylation sites is 4. The standard InChI is InChI=1S/C28H22BN5/c1-17-8-6-10-19-18-9-2-4-14-23(18)34(27(17)19)29-21-12-3-5-15-24(21)33-25(16-30)26(32-31)20-11-7-13-22(29)28(20)33/h2-16,30,32H,31H2,1H3. The Bertz CT molecular complexity index is 1790. The fraction of sp³-hybridized carbons (Fsp3) is 0.0357. The summed E-state index contributed by atoms with van der Waals surface area (Å²) >= 11 is 0. The number of nitrogens with zero attached hydrogens (tertiary/aromatic N) is 2. The number of aryl methyl sites for hydroxylation is 1. The molecule has 0 atom stereocenters. The molecule has 162 valence electrons. The highest BCUT2D eigenvalue weighted by atomic mass is 15.2. The van der Waals surface area contributed by atoms with E-state index >= 15 is 0 Å². The highest BCUT2D eigenvalue weighted by molar-refractivity contribution is 6.88. The number of nitrogens with two attached hydrogens (primary N) is 1. The number of hydrazine groups is 1. The molecule has 4 N–H and O–H groups in total. The largest absolute Gasteiger partial charge is 0.376 e. The Labute approximate surface area is 197 Å². The Hall–Kier alpha value is -4.29. The van der Waals surface area contributed by atoms with E-state index in [4.69, 9.17) is 11.3 Å². The lowest BCUT2D eigenvalue weighted by molar-refractivity contribution is 1.11.